The van der Waals surface area contributed by atoms with Gasteiger partial charge in [0.05, 0.1) is 11.4 Å². The van der Waals surface area contributed by atoms with E-state index in [1.807, 2.05) is 30.3 Å². The summed E-state index contributed by atoms with van der Waals surface area (Å²) in [5, 5.41) is 11.6. The van der Waals surface area contributed by atoms with Crippen LogP contribution in [0.15, 0.2) is 30.3 Å². The van der Waals surface area contributed by atoms with Crippen LogP contribution in [0.5, 0.6) is 0 Å². The van der Waals surface area contributed by atoms with E-state index >= 15 is 0 Å². The van der Waals surface area contributed by atoms with Crippen molar-refractivity contribution in [1.82, 2.24) is 10.2 Å². The number of amides is 2. The molecule has 3 atom stereocenters. The summed E-state index contributed by atoms with van der Waals surface area (Å²) in [6, 6.07) is 10.5. The SMILES string of the molecule is N#C[C@H]1CS[C@@H]2C[C@H](NC(=O)OCc3ccccc3)C(=O)N12. The van der Waals surface area contributed by atoms with E-state index in [1.165, 1.54) is 0 Å². The maximum atomic E-state index is 12.3. The van der Waals surface area contributed by atoms with Gasteiger partial charge in [-0.25, -0.2) is 4.79 Å². The van der Waals surface area contributed by atoms with Crippen LogP contribution in [-0.4, -0.2) is 40.1 Å². The number of ether oxygens (including phenoxy) is 1. The summed E-state index contributed by atoms with van der Waals surface area (Å²) >= 11 is 1.58. The maximum Gasteiger partial charge on any atom is 0.408 e. The Hall–Kier alpha value is -2.20. The fraction of sp³-hybridized carbons (Fsp3) is 0.400. The second kappa shape index (κ2) is 6.28. The largest absolute Gasteiger partial charge is 0.445 e. The first-order chi connectivity index (χ1) is 10.7. The summed E-state index contributed by atoms with van der Waals surface area (Å²) in [5.41, 5.74) is 0.885. The molecule has 2 saturated heterocycles. The molecule has 0 aromatic heterocycles. The number of alkyl carbamates (subject to hydrolysis) is 1. The highest BCUT2D eigenvalue weighted by Gasteiger charge is 2.48. The molecule has 0 saturated carbocycles. The highest BCUT2D eigenvalue weighted by Crippen LogP contribution is 2.37. The van der Waals surface area contributed by atoms with Crippen LogP contribution in [0, 0.1) is 11.3 Å². The first-order valence-electron chi connectivity index (χ1n) is 6.99. The van der Waals surface area contributed by atoms with Crippen molar-refractivity contribution in [1.29, 1.82) is 5.26 Å². The van der Waals surface area contributed by atoms with Gasteiger partial charge in [0.1, 0.15) is 18.7 Å². The van der Waals surface area contributed by atoms with Crippen molar-refractivity contribution in [3.05, 3.63) is 35.9 Å². The molecule has 1 aromatic rings. The zero-order valence-electron chi connectivity index (χ0n) is 11.8. The number of hydrogen-bond donors (Lipinski definition) is 1. The van der Waals surface area contributed by atoms with E-state index in [0.29, 0.717) is 12.2 Å². The van der Waals surface area contributed by atoms with Crippen molar-refractivity contribution < 1.29 is 14.3 Å². The van der Waals surface area contributed by atoms with Crippen molar-refractivity contribution in [3.8, 4) is 6.07 Å². The second-order valence-electron chi connectivity index (χ2n) is 5.17. The van der Waals surface area contributed by atoms with Crippen molar-refractivity contribution in [2.24, 2.45) is 0 Å². The van der Waals surface area contributed by atoms with E-state index in [0.717, 1.165) is 5.56 Å². The summed E-state index contributed by atoms with van der Waals surface area (Å²) in [6.45, 7) is 0.163. The molecule has 2 fully saturated rings. The number of fused-ring (bicyclic) bond motifs is 1. The van der Waals surface area contributed by atoms with Crippen LogP contribution in [0.1, 0.15) is 12.0 Å². The zero-order valence-corrected chi connectivity index (χ0v) is 12.6. The Morgan fingerprint density at radius 3 is 2.95 bits per heavy atom. The number of thioether (sulfide) groups is 1. The fourth-order valence-electron chi connectivity index (χ4n) is 2.65. The molecule has 2 heterocycles. The van der Waals surface area contributed by atoms with E-state index in [9.17, 15) is 9.59 Å². The molecule has 0 aliphatic carbocycles. The molecule has 114 valence electrons. The van der Waals surface area contributed by atoms with Gasteiger partial charge in [-0.2, -0.15) is 5.26 Å². The van der Waals surface area contributed by atoms with Crippen molar-refractivity contribution in [3.63, 3.8) is 0 Å². The average molecular weight is 317 g/mol. The molecule has 2 amide bonds. The van der Waals surface area contributed by atoms with Gasteiger partial charge in [0.2, 0.25) is 5.91 Å². The molecule has 6 nitrogen and oxygen atoms in total. The van der Waals surface area contributed by atoms with Gasteiger partial charge in [0.15, 0.2) is 0 Å². The summed E-state index contributed by atoms with van der Waals surface area (Å²) in [6.07, 6.45) is -0.0934. The summed E-state index contributed by atoms with van der Waals surface area (Å²) in [4.78, 5) is 25.6. The van der Waals surface area contributed by atoms with Gasteiger partial charge in [-0.15, -0.1) is 11.8 Å². The zero-order chi connectivity index (χ0) is 15.5. The first kappa shape index (κ1) is 14.7. The normalized spacial score (nSPS) is 26.4. The number of rotatable bonds is 3. The number of nitrogens with one attached hydrogen (secondary N) is 1. The van der Waals surface area contributed by atoms with E-state index in [4.69, 9.17) is 10.00 Å². The molecule has 2 aliphatic heterocycles. The molecule has 0 spiro atoms. The minimum absolute atomic E-state index is 0.0171. The number of carbonyl (C=O) groups excluding carboxylic acids is 2. The summed E-state index contributed by atoms with van der Waals surface area (Å²) in [5.74, 6) is 0.441. The minimum Gasteiger partial charge on any atom is -0.445 e. The molecule has 3 rings (SSSR count). The van der Waals surface area contributed by atoms with Gasteiger partial charge in [0.25, 0.3) is 0 Å². The highest BCUT2D eigenvalue weighted by molar-refractivity contribution is 8.00. The molecule has 2 aliphatic rings. The molecular formula is C15H15N3O3S. The van der Waals surface area contributed by atoms with Crippen LogP contribution in [0.25, 0.3) is 0 Å². The van der Waals surface area contributed by atoms with Gasteiger partial charge in [-0.05, 0) is 5.56 Å². The summed E-state index contributed by atoms with van der Waals surface area (Å²) in [7, 11) is 0. The third kappa shape index (κ3) is 2.88. The number of nitrogens with zero attached hydrogens (tertiary/aromatic N) is 2. The van der Waals surface area contributed by atoms with Crippen LogP contribution in [0.2, 0.25) is 0 Å². The van der Waals surface area contributed by atoms with E-state index < -0.39 is 18.2 Å². The Morgan fingerprint density at radius 2 is 2.23 bits per heavy atom. The van der Waals surface area contributed by atoms with Crippen LogP contribution in [0.3, 0.4) is 0 Å². The highest BCUT2D eigenvalue weighted by atomic mass is 32.2. The van der Waals surface area contributed by atoms with Crippen LogP contribution in [-0.2, 0) is 16.1 Å². The molecular weight excluding hydrogens is 302 g/mol. The summed E-state index contributed by atoms with van der Waals surface area (Å²) < 4.78 is 5.12. The van der Waals surface area contributed by atoms with Gasteiger partial charge in [-0.1, -0.05) is 30.3 Å². The predicted molar refractivity (Wildman–Crippen MR) is 80.7 cm³/mol. The lowest BCUT2D eigenvalue weighted by Gasteiger charge is -2.18. The smallest absolute Gasteiger partial charge is 0.408 e. The molecule has 0 unspecified atom stereocenters. The van der Waals surface area contributed by atoms with Gasteiger partial charge in [-0.3, -0.25) is 4.79 Å². The lowest BCUT2D eigenvalue weighted by atomic mass is 10.2. The van der Waals surface area contributed by atoms with Crippen molar-refractivity contribution >= 4 is 23.8 Å². The number of hydrogen-bond acceptors (Lipinski definition) is 5. The molecule has 0 bridgehead atoms. The Labute approximate surface area is 132 Å². The van der Waals surface area contributed by atoms with E-state index in [1.54, 1.807) is 16.7 Å². The Kier molecular flexibility index (Phi) is 4.20. The van der Waals surface area contributed by atoms with Crippen LogP contribution < -0.4 is 5.32 Å². The number of nitriles is 1. The Balaban J connectivity index is 1.53. The minimum atomic E-state index is -0.609. The molecule has 7 heteroatoms. The average Bonchev–Trinajstić information content (AvgIpc) is 3.07. The molecule has 1 N–H and O–H groups in total. The Morgan fingerprint density at radius 1 is 1.45 bits per heavy atom. The maximum absolute atomic E-state index is 12.3. The topological polar surface area (TPSA) is 82.4 Å². The van der Waals surface area contributed by atoms with Gasteiger partial charge in [0, 0.05) is 12.2 Å². The van der Waals surface area contributed by atoms with E-state index in [2.05, 4.69) is 11.4 Å². The molecule has 0 radical (unpaired) electrons. The fourth-order valence-corrected chi connectivity index (χ4v) is 4.03. The second-order valence-corrected chi connectivity index (χ2v) is 6.38. The lowest BCUT2D eigenvalue weighted by molar-refractivity contribution is -0.130. The van der Waals surface area contributed by atoms with Gasteiger partial charge >= 0.3 is 6.09 Å². The van der Waals surface area contributed by atoms with Gasteiger partial charge < -0.3 is 15.0 Å². The third-order valence-electron chi connectivity index (χ3n) is 3.74. The number of benzene rings is 1. The quantitative estimate of drug-likeness (QED) is 0.913. The first-order valence-corrected chi connectivity index (χ1v) is 8.04. The van der Waals surface area contributed by atoms with Crippen molar-refractivity contribution in [2.45, 2.75) is 30.5 Å². The standard InChI is InChI=1S/C15H15N3O3S/c16-7-11-9-22-13-6-12(14(19)18(11)13)17-15(20)21-8-10-4-2-1-3-5-10/h1-5,11-13H,6,8-9H2,(H,17,20)/t11-,12-,13+/m0/s1. The molecule has 1 aromatic carbocycles. The van der Waals surface area contributed by atoms with Crippen LogP contribution in [0.4, 0.5) is 4.79 Å². The monoisotopic (exact) mass is 317 g/mol. The lowest BCUT2D eigenvalue weighted by Crippen LogP contribution is -2.44. The van der Waals surface area contributed by atoms with Crippen molar-refractivity contribution in [2.75, 3.05) is 5.75 Å². The third-order valence-corrected chi connectivity index (χ3v) is 5.05. The molecule has 22 heavy (non-hydrogen) atoms. The van der Waals surface area contributed by atoms with Crippen LogP contribution >= 0.6 is 11.8 Å². The number of carbonyl (C=O) groups is 2. The predicted octanol–water partition coefficient (Wildman–Crippen LogP) is 1.48. The van der Waals surface area contributed by atoms with E-state index in [-0.39, 0.29) is 17.9 Å². The Bertz CT molecular complexity index is 616.